The maximum atomic E-state index is 13.1. The molecule has 0 fully saturated rings. The van der Waals surface area contributed by atoms with Crippen LogP contribution in [0.4, 0.5) is 10.3 Å². The molecule has 3 aromatic rings. The third-order valence-electron chi connectivity index (χ3n) is 2.97. The molecule has 0 bridgehead atoms. The zero-order valence-electron chi connectivity index (χ0n) is 11.0. The Morgan fingerprint density at radius 3 is 2.76 bits per heavy atom. The van der Waals surface area contributed by atoms with Gasteiger partial charge in [-0.15, -0.1) is 10.2 Å². The Morgan fingerprint density at radius 2 is 2.00 bits per heavy atom. The molecule has 0 unspecified atom stereocenters. The third-order valence-corrected chi connectivity index (χ3v) is 4.45. The summed E-state index contributed by atoms with van der Waals surface area (Å²) >= 11 is 0. The number of anilines is 1. The number of nitrogens with one attached hydrogen (secondary N) is 1. The first-order chi connectivity index (χ1) is 9.97. The van der Waals surface area contributed by atoms with E-state index in [9.17, 15) is 12.8 Å². The molecule has 0 atom stereocenters. The van der Waals surface area contributed by atoms with Crippen LogP contribution in [0.2, 0.25) is 0 Å². The number of aryl methyl sites for hydroxylation is 1. The van der Waals surface area contributed by atoms with Crippen molar-refractivity contribution >= 4 is 21.6 Å². The van der Waals surface area contributed by atoms with E-state index in [2.05, 4.69) is 14.9 Å². The van der Waals surface area contributed by atoms with Crippen molar-refractivity contribution in [3.05, 3.63) is 54.0 Å². The molecular weight excluding hydrogens is 295 g/mol. The second-order valence-electron chi connectivity index (χ2n) is 4.47. The van der Waals surface area contributed by atoms with Crippen LogP contribution < -0.4 is 4.72 Å². The van der Waals surface area contributed by atoms with Crippen molar-refractivity contribution in [1.82, 2.24) is 14.6 Å². The SMILES string of the molecule is Cc1cc(F)ccc1S(=O)(=O)Nc1nnc2ccccn12. The highest BCUT2D eigenvalue weighted by Gasteiger charge is 2.19. The van der Waals surface area contributed by atoms with Gasteiger partial charge in [0, 0.05) is 6.20 Å². The van der Waals surface area contributed by atoms with E-state index in [1.54, 1.807) is 24.4 Å². The van der Waals surface area contributed by atoms with Gasteiger partial charge in [-0.2, -0.15) is 0 Å². The predicted molar refractivity (Wildman–Crippen MR) is 74.9 cm³/mol. The maximum absolute atomic E-state index is 13.1. The maximum Gasteiger partial charge on any atom is 0.264 e. The number of rotatable bonds is 3. The molecule has 2 heterocycles. The fraction of sp³-hybridized carbons (Fsp3) is 0.0769. The average molecular weight is 306 g/mol. The van der Waals surface area contributed by atoms with Crippen LogP contribution in [0.3, 0.4) is 0 Å². The molecule has 108 valence electrons. The minimum Gasteiger partial charge on any atom is -0.268 e. The Bertz CT molecular complexity index is 921. The van der Waals surface area contributed by atoms with Gasteiger partial charge in [0.15, 0.2) is 5.65 Å². The number of pyridine rings is 1. The molecule has 0 aliphatic rings. The predicted octanol–water partition coefficient (Wildman–Crippen LogP) is 1.98. The lowest BCUT2D eigenvalue weighted by molar-refractivity contribution is 0.598. The minimum absolute atomic E-state index is 0.00317. The topological polar surface area (TPSA) is 76.4 Å². The monoisotopic (exact) mass is 306 g/mol. The van der Waals surface area contributed by atoms with Gasteiger partial charge in [0.1, 0.15) is 5.82 Å². The van der Waals surface area contributed by atoms with Crippen molar-refractivity contribution in [1.29, 1.82) is 0 Å². The lowest BCUT2D eigenvalue weighted by atomic mass is 10.2. The van der Waals surface area contributed by atoms with Crippen LogP contribution in [0.15, 0.2) is 47.5 Å². The molecule has 21 heavy (non-hydrogen) atoms. The first-order valence-corrected chi connectivity index (χ1v) is 7.54. The number of nitrogens with zero attached hydrogens (tertiary/aromatic N) is 3. The largest absolute Gasteiger partial charge is 0.268 e. The lowest BCUT2D eigenvalue weighted by Gasteiger charge is -2.08. The van der Waals surface area contributed by atoms with Gasteiger partial charge in [-0.1, -0.05) is 6.07 Å². The molecule has 1 N–H and O–H groups in total. The van der Waals surface area contributed by atoms with Gasteiger partial charge in [0.2, 0.25) is 5.95 Å². The highest BCUT2D eigenvalue weighted by atomic mass is 32.2. The van der Waals surface area contributed by atoms with E-state index in [1.807, 2.05) is 0 Å². The molecular formula is C13H11FN4O2S. The molecule has 0 saturated carbocycles. The second-order valence-corrected chi connectivity index (χ2v) is 6.12. The molecule has 8 heteroatoms. The van der Waals surface area contributed by atoms with Gasteiger partial charge in [-0.3, -0.25) is 4.40 Å². The Hall–Kier alpha value is -2.48. The average Bonchev–Trinajstić information content (AvgIpc) is 2.81. The Kier molecular flexibility index (Phi) is 3.09. The van der Waals surface area contributed by atoms with E-state index in [0.717, 1.165) is 12.1 Å². The second kappa shape index (κ2) is 4.81. The smallest absolute Gasteiger partial charge is 0.264 e. The summed E-state index contributed by atoms with van der Waals surface area (Å²) in [4.78, 5) is -0.00317. The van der Waals surface area contributed by atoms with Gasteiger partial charge < -0.3 is 0 Å². The number of aromatic nitrogens is 3. The standard InChI is InChI=1S/C13H11FN4O2S/c1-9-8-10(14)5-6-11(9)21(19,20)17-13-16-15-12-4-2-3-7-18(12)13/h2-8H,1H3,(H,16,17). The zero-order valence-corrected chi connectivity index (χ0v) is 11.8. The van der Waals surface area contributed by atoms with Gasteiger partial charge in [-0.05, 0) is 42.8 Å². The Morgan fingerprint density at radius 1 is 1.19 bits per heavy atom. The Balaban J connectivity index is 2.03. The number of hydrogen-bond acceptors (Lipinski definition) is 4. The molecule has 1 aromatic carbocycles. The number of hydrogen-bond donors (Lipinski definition) is 1. The van der Waals surface area contributed by atoms with Crippen LogP contribution >= 0.6 is 0 Å². The number of fused-ring (bicyclic) bond motifs is 1. The van der Waals surface area contributed by atoms with Crippen LogP contribution in [0.1, 0.15) is 5.56 Å². The van der Waals surface area contributed by atoms with Crippen LogP contribution in [0.25, 0.3) is 5.65 Å². The first kappa shape index (κ1) is 13.5. The summed E-state index contributed by atoms with van der Waals surface area (Å²) in [6.45, 7) is 1.53. The normalized spacial score (nSPS) is 11.7. The molecule has 2 aromatic heterocycles. The van der Waals surface area contributed by atoms with E-state index >= 15 is 0 Å². The summed E-state index contributed by atoms with van der Waals surface area (Å²) in [6.07, 6.45) is 1.64. The van der Waals surface area contributed by atoms with E-state index in [-0.39, 0.29) is 10.8 Å². The van der Waals surface area contributed by atoms with Gasteiger partial charge in [0.25, 0.3) is 10.0 Å². The van der Waals surface area contributed by atoms with Crippen LogP contribution in [-0.4, -0.2) is 23.0 Å². The van der Waals surface area contributed by atoms with Gasteiger partial charge in [0.05, 0.1) is 4.90 Å². The number of benzene rings is 1. The van der Waals surface area contributed by atoms with Crippen molar-refractivity contribution in [3.8, 4) is 0 Å². The number of sulfonamides is 1. The lowest BCUT2D eigenvalue weighted by Crippen LogP contribution is -2.16. The fourth-order valence-electron chi connectivity index (χ4n) is 2.00. The summed E-state index contributed by atoms with van der Waals surface area (Å²) < 4.78 is 41.7. The molecule has 6 nitrogen and oxygen atoms in total. The molecule has 0 aliphatic carbocycles. The zero-order chi connectivity index (χ0) is 15.0. The van der Waals surface area contributed by atoms with Crippen molar-refractivity contribution in [2.24, 2.45) is 0 Å². The molecule has 0 aliphatic heterocycles. The van der Waals surface area contributed by atoms with Crippen LogP contribution in [-0.2, 0) is 10.0 Å². The highest BCUT2D eigenvalue weighted by molar-refractivity contribution is 7.92. The van der Waals surface area contributed by atoms with Crippen molar-refractivity contribution in [3.63, 3.8) is 0 Å². The van der Waals surface area contributed by atoms with E-state index in [0.29, 0.717) is 11.2 Å². The van der Waals surface area contributed by atoms with Gasteiger partial charge >= 0.3 is 0 Å². The quantitative estimate of drug-likeness (QED) is 0.802. The summed E-state index contributed by atoms with van der Waals surface area (Å²) in [5.74, 6) is -0.409. The third kappa shape index (κ3) is 2.45. The first-order valence-electron chi connectivity index (χ1n) is 6.06. The van der Waals surface area contributed by atoms with Crippen molar-refractivity contribution in [2.45, 2.75) is 11.8 Å². The summed E-state index contributed by atoms with van der Waals surface area (Å²) in [6, 6.07) is 8.69. The summed E-state index contributed by atoms with van der Waals surface area (Å²) in [5.41, 5.74) is 0.836. The molecule has 0 saturated heterocycles. The van der Waals surface area contributed by atoms with Crippen LogP contribution in [0.5, 0.6) is 0 Å². The van der Waals surface area contributed by atoms with E-state index in [1.165, 1.54) is 17.4 Å². The van der Waals surface area contributed by atoms with E-state index < -0.39 is 15.8 Å². The molecule has 3 rings (SSSR count). The van der Waals surface area contributed by atoms with Crippen molar-refractivity contribution in [2.75, 3.05) is 4.72 Å². The molecule has 0 amide bonds. The minimum atomic E-state index is -3.86. The Labute approximate surface area is 120 Å². The van der Waals surface area contributed by atoms with E-state index in [4.69, 9.17) is 0 Å². The summed E-state index contributed by atoms with van der Waals surface area (Å²) in [7, 11) is -3.86. The summed E-state index contributed by atoms with van der Waals surface area (Å²) in [5, 5.41) is 7.66. The number of halogens is 1. The van der Waals surface area contributed by atoms with Gasteiger partial charge in [-0.25, -0.2) is 17.5 Å². The fourth-order valence-corrected chi connectivity index (χ4v) is 3.22. The highest BCUT2D eigenvalue weighted by Crippen LogP contribution is 2.19. The van der Waals surface area contributed by atoms with Crippen molar-refractivity contribution < 1.29 is 12.8 Å². The molecule has 0 spiro atoms. The van der Waals surface area contributed by atoms with Crippen LogP contribution in [0, 0.1) is 12.7 Å². The molecule has 0 radical (unpaired) electrons.